The van der Waals surface area contributed by atoms with Crippen LogP contribution in [0.25, 0.3) is 0 Å². The molecule has 0 aliphatic carbocycles. The van der Waals surface area contributed by atoms with Crippen molar-refractivity contribution in [3.05, 3.63) is 47.8 Å². The molecule has 0 atom stereocenters. The number of aryl methyl sites for hydroxylation is 2. The molecule has 0 aliphatic heterocycles. The van der Waals surface area contributed by atoms with E-state index in [0.717, 1.165) is 11.1 Å². The number of ether oxygens (including phenoxy) is 4. The summed E-state index contributed by atoms with van der Waals surface area (Å²) in [6, 6.07) is 7.32. The Balaban J connectivity index is -0.000000277. The number of hydrogen-bond donors (Lipinski definition) is 3. The van der Waals surface area contributed by atoms with E-state index in [2.05, 4.69) is 30.5 Å². The maximum absolute atomic E-state index is 12.5. The molecule has 0 spiro atoms. The molecule has 0 saturated carbocycles. The summed E-state index contributed by atoms with van der Waals surface area (Å²) in [5.74, 6) is -0.806. The van der Waals surface area contributed by atoms with E-state index in [1.165, 1.54) is 24.0 Å². The molecular weight excluding hydrogens is 1010 g/mol. The molecule has 2 rings (SSSR count). The molecule has 0 fully saturated rings. The maximum Gasteiger partial charge on any atom is 0.416 e. The summed E-state index contributed by atoms with van der Waals surface area (Å²) in [7, 11) is 3.10. The molecule has 0 bridgehead atoms. The summed E-state index contributed by atoms with van der Waals surface area (Å²) in [6.45, 7) is 15.5. The summed E-state index contributed by atoms with van der Waals surface area (Å²) in [4.78, 5) is 79.5. The van der Waals surface area contributed by atoms with E-state index < -0.39 is 35.3 Å². The van der Waals surface area contributed by atoms with E-state index in [1.54, 1.807) is 60.0 Å². The fourth-order valence-corrected chi connectivity index (χ4v) is 4.10. The van der Waals surface area contributed by atoms with Gasteiger partial charge in [-0.25, -0.2) is 24.4 Å². The van der Waals surface area contributed by atoms with Gasteiger partial charge < -0.3 is 47.5 Å². The number of carbonyl (C=O) groups excluding carboxylic acids is 5. The number of nitrogens with zero attached hydrogens (tertiary/aromatic N) is 4. The van der Waals surface area contributed by atoms with E-state index in [1.807, 2.05) is 32.0 Å². The monoisotopic (exact) mass is 1080 g/mol. The molecule has 17 nitrogen and oxygen atoms in total. The fraction of sp³-hybridized carbons (Fsp3) is 0.590. The van der Waals surface area contributed by atoms with Crippen LogP contribution in [0, 0.1) is 45.0 Å². The summed E-state index contributed by atoms with van der Waals surface area (Å²) in [5, 5.41) is 11.2. The molecule has 2 aromatic rings. The molecule has 5 N–H and O–H groups in total. The van der Waals surface area contributed by atoms with Crippen LogP contribution in [0.2, 0.25) is 0 Å². The average Bonchev–Trinajstić information content (AvgIpc) is 3.12. The van der Waals surface area contributed by atoms with Crippen LogP contribution in [0.1, 0.15) is 98.6 Å². The third kappa shape index (κ3) is 32.6. The molecule has 0 unspecified atom stereocenters. The molecule has 0 aromatic carbocycles. The first-order chi connectivity index (χ1) is 27.0. The zero-order valence-corrected chi connectivity index (χ0v) is 40.4. The third-order valence-electron chi connectivity index (χ3n) is 6.73. The summed E-state index contributed by atoms with van der Waals surface area (Å²) < 4.78 is 31.0. The molecule has 1 radical (unpaired) electrons. The smallest absolute Gasteiger partial charge is 0.416 e. The molecule has 0 aliphatic rings. The Hall–Kier alpha value is -3.91. The first-order valence-electron chi connectivity index (χ1n) is 19.1. The number of unbranched alkanes of at least 4 members (excludes halogenated alkanes) is 2. The second-order valence-corrected chi connectivity index (χ2v) is 14.1. The normalized spacial score (nSPS) is 10.2. The van der Waals surface area contributed by atoms with Crippen LogP contribution in [-0.4, -0.2) is 114 Å². The number of aliphatic carboxylic acids is 1. The molecule has 333 valence electrons. The number of carboxylic acid groups (broad SMARTS) is 1. The van der Waals surface area contributed by atoms with E-state index in [0.29, 0.717) is 58.7 Å². The van der Waals surface area contributed by atoms with Crippen molar-refractivity contribution in [3.63, 3.8) is 0 Å². The van der Waals surface area contributed by atoms with Gasteiger partial charge in [0.15, 0.2) is 6.54 Å². The van der Waals surface area contributed by atoms with Crippen LogP contribution in [0.15, 0.2) is 36.7 Å². The van der Waals surface area contributed by atoms with Crippen molar-refractivity contribution in [2.24, 2.45) is 0 Å². The first-order valence-corrected chi connectivity index (χ1v) is 17.9. The number of halogens is 1. The van der Waals surface area contributed by atoms with Gasteiger partial charge in [-0.1, -0.05) is 7.43 Å². The number of rotatable bonds is 15. The van der Waals surface area contributed by atoms with E-state index in [-0.39, 0.29) is 88.8 Å². The predicted octanol–water partition coefficient (Wildman–Crippen LogP) is 1.10. The van der Waals surface area contributed by atoms with Crippen LogP contribution >= 0.6 is 0 Å². The van der Waals surface area contributed by atoms with Gasteiger partial charge >= 0.3 is 30.1 Å². The Labute approximate surface area is 384 Å². The standard InChI is InChI=1S/C19H29N3O5.C16H24N2O4.C3H7NO2.CH4.BH2.ClH.U/c1-14-9-10-20-15(12-14)22(18(25)27-19(2,3)4)11-7-6-8-16(23)21-13-17(24)26-5;1-12-8-9-17-13(11-12)18(10-6-5-7-14(19)20)15(21)22-16(2,3)4;1-6-3(5)2-4;;;;/h9-10,12H,6-8,11,13H2,1-5H3,(H,21,23);8-9,11H,5-7,10H2,1-4H3,(H,19,20);2,4H2,1H3;1H4;1H2;1H;/i;;;;1T2;;. The average molecular weight is 1080 g/mol. The Bertz CT molecular complexity index is 1570. The van der Waals surface area contributed by atoms with Crippen LogP contribution in [0.5, 0.6) is 0 Å². The minimum atomic E-state index is -0.836. The minimum Gasteiger partial charge on any atom is -1.00 e. The van der Waals surface area contributed by atoms with Gasteiger partial charge in [0.05, 0.1) is 22.6 Å². The van der Waals surface area contributed by atoms with Gasteiger partial charge in [-0.3, -0.25) is 24.2 Å². The topological polar surface area (TPSA) is 232 Å². The van der Waals surface area contributed by atoms with E-state index in [9.17, 15) is 28.8 Å². The fourth-order valence-electron chi connectivity index (χ4n) is 4.10. The van der Waals surface area contributed by atoms with Gasteiger partial charge in [0.2, 0.25) is 5.91 Å². The summed E-state index contributed by atoms with van der Waals surface area (Å²) in [5.41, 5.74) is 4.04. The molecule has 20 heteroatoms. The van der Waals surface area contributed by atoms with Crippen molar-refractivity contribution < 1.29 is 102 Å². The van der Waals surface area contributed by atoms with Crippen molar-refractivity contribution in [1.29, 1.82) is 2.67 Å². The van der Waals surface area contributed by atoms with Crippen molar-refractivity contribution in [1.82, 2.24) is 15.3 Å². The molecule has 0 saturated heterocycles. The third-order valence-corrected chi connectivity index (χ3v) is 6.73. The van der Waals surface area contributed by atoms with Crippen LogP contribution in [0.4, 0.5) is 21.2 Å². The van der Waals surface area contributed by atoms with Gasteiger partial charge in [-0.05, 0) is 119 Å². The first kappa shape index (κ1) is 59.4. The van der Waals surface area contributed by atoms with Crippen molar-refractivity contribution in [2.75, 3.05) is 50.2 Å². The Kier molecular flexibility index (Phi) is 34.1. The van der Waals surface area contributed by atoms with Gasteiger partial charge in [0, 0.05) is 69.4 Å². The Morgan fingerprint density at radius 3 is 1.47 bits per heavy atom. The quantitative estimate of drug-likeness (QED) is 0.0984. The van der Waals surface area contributed by atoms with Crippen LogP contribution < -0.4 is 33.3 Å². The number of carbonyl (C=O) groups is 6. The largest absolute Gasteiger partial charge is 1.00 e. The zero-order chi connectivity index (χ0) is 44.9. The summed E-state index contributed by atoms with van der Waals surface area (Å²) in [6.07, 6.45) is 4.88. The predicted molar refractivity (Wildman–Crippen MR) is 221 cm³/mol. The number of pyridine rings is 2. The number of carboxylic acids is 1. The van der Waals surface area contributed by atoms with E-state index >= 15 is 0 Å². The second kappa shape index (κ2) is 33.9. The summed E-state index contributed by atoms with van der Waals surface area (Å²) >= 11 is 0. The van der Waals surface area contributed by atoms with Gasteiger partial charge in [0.25, 0.3) is 0 Å². The van der Waals surface area contributed by atoms with Crippen molar-refractivity contribution >= 4 is 56.0 Å². The number of esters is 2. The number of hydrogen-bond acceptors (Lipinski definition) is 12. The van der Waals surface area contributed by atoms with Crippen molar-refractivity contribution in [2.45, 2.75) is 113 Å². The van der Waals surface area contributed by atoms with Gasteiger partial charge in [-0.15, -0.1) is 0 Å². The minimum absolute atomic E-state index is 0. The molecule has 2 heterocycles. The van der Waals surface area contributed by atoms with E-state index in [4.69, 9.17) is 17.3 Å². The molecule has 3 amide bonds. The zero-order valence-electron chi connectivity index (χ0n) is 37.5. The van der Waals surface area contributed by atoms with Gasteiger partial charge in [0.1, 0.15) is 29.4 Å². The number of methoxy groups -OCH3 is 2. The molecular formula is C39H67BClN6O11U. The Morgan fingerprint density at radius 1 is 0.780 bits per heavy atom. The number of quaternary nitrogens is 1. The maximum atomic E-state index is 12.5. The van der Waals surface area contributed by atoms with Gasteiger partial charge in [-0.2, -0.15) is 0 Å². The number of aromatic nitrogens is 2. The number of nitrogens with one attached hydrogen (secondary N) is 1. The Morgan fingerprint density at radius 2 is 1.17 bits per heavy atom. The SMILES string of the molecule is C.COC(=O)CNC(=O)CCCCN(C(=O)OC(C)(C)C)c1cc(C)ccn1.COC(=O)C[NH3+].Cc1ccnc(N(CCCCC(=O)O)C(=O)OC(C)(C)C)c1.[3H][B][3H].[Cl-].[U]. The number of anilines is 2. The van der Waals surface area contributed by atoms with Crippen LogP contribution in [-0.2, 0) is 38.1 Å². The van der Waals surface area contributed by atoms with Crippen molar-refractivity contribution in [3.8, 4) is 0 Å². The second-order valence-electron chi connectivity index (χ2n) is 14.1. The van der Waals surface area contributed by atoms with Crippen LogP contribution in [0.3, 0.4) is 0 Å². The molecule has 59 heavy (non-hydrogen) atoms. The molecule has 2 aromatic heterocycles. The number of amides is 3.